The molecular weight excluding hydrogens is 406 g/mol. The molecule has 8 nitrogen and oxygen atoms in total. The summed E-state index contributed by atoms with van der Waals surface area (Å²) in [5.41, 5.74) is 9.28. The molecule has 1 fully saturated rings. The van der Waals surface area contributed by atoms with E-state index >= 15 is 0 Å². The predicted molar refractivity (Wildman–Crippen MR) is 122 cm³/mol. The first-order valence-electron chi connectivity index (χ1n) is 10.6. The number of amides is 2. The van der Waals surface area contributed by atoms with Crippen molar-refractivity contribution in [3.05, 3.63) is 71.5 Å². The van der Waals surface area contributed by atoms with E-state index in [1.54, 1.807) is 24.1 Å². The maximum Gasteiger partial charge on any atom is 0.276 e. The Morgan fingerprint density at radius 3 is 2.81 bits per heavy atom. The van der Waals surface area contributed by atoms with Gasteiger partial charge in [-0.15, -0.1) is 0 Å². The molecule has 2 amide bonds. The van der Waals surface area contributed by atoms with Crippen molar-refractivity contribution in [1.29, 1.82) is 0 Å². The third-order valence-corrected chi connectivity index (χ3v) is 5.73. The normalized spacial score (nSPS) is 16.1. The number of carbonyl (C=O) groups is 2. The first kappa shape index (κ1) is 21.6. The molecule has 3 aromatic rings. The number of methoxy groups -OCH3 is 1. The Kier molecular flexibility index (Phi) is 6.23. The molecule has 2 heterocycles. The van der Waals surface area contributed by atoms with E-state index in [-0.39, 0.29) is 17.9 Å². The SMILES string of the molecule is COc1ccc(C)cc1-n1ccc(C(=O)Nc2ccccc2CN2CCCC2C(N)=O)n1. The van der Waals surface area contributed by atoms with Crippen LogP contribution in [0.5, 0.6) is 5.75 Å². The average molecular weight is 434 g/mol. The number of hydrogen-bond donors (Lipinski definition) is 2. The lowest BCUT2D eigenvalue weighted by Gasteiger charge is -2.23. The molecule has 0 radical (unpaired) electrons. The number of nitrogens with zero attached hydrogens (tertiary/aromatic N) is 3. The number of likely N-dealkylation sites (tertiary alicyclic amines) is 1. The highest BCUT2D eigenvalue weighted by Crippen LogP contribution is 2.25. The van der Waals surface area contributed by atoms with Gasteiger partial charge in [-0.3, -0.25) is 14.5 Å². The number of benzene rings is 2. The third kappa shape index (κ3) is 4.50. The molecule has 2 aromatic carbocycles. The molecule has 1 aromatic heterocycles. The molecule has 1 aliphatic rings. The van der Waals surface area contributed by atoms with Crippen LogP contribution in [0.25, 0.3) is 5.69 Å². The fourth-order valence-corrected chi connectivity index (χ4v) is 4.08. The van der Waals surface area contributed by atoms with Gasteiger partial charge in [0.2, 0.25) is 5.91 Å². The maximum absolute atomic E-state index is 12.9. The molecule has 0 saturated carbocycles. The zero-order valence-electron chi connectivity index (χ0n) is 18.2. The van der Waals surface area contributed by atoms with Crippen LogP contribution in [0.1, 0.15) is 34.5 Å². The number of anilines is 1. The lowest BCUT2D eigenvalue weighted by Crippen LogP contribution is -2.39. The van der Waals surface area contributed by atoms with Crippen LogP contribution in [-0.2, 0) is 11.3 Å². The maximum atomic E-state index is 12.9. The number of nitrogens with two attached hydrogens (primary N) is 1. The predicted octanol–water partition coefficient (Wildman–Crippen LogP) is 2.89. The fraction of sp³-hybridized carbons (Fsp3) is 0.292. The highest BCUT2D eigenvalue weighted by molar-refractivity contribution is 6.03. The molecule has 3 N–H and O–H groups in total. The number of rotatable bonds is 7. The first-order valence-corrected chi connectivity index (χ1v) is 10.6. The van der Waals surface area contributed by atoms with E-state index in [2.05, 4.69) is 15.3 Å². The monoisotopic (exact) mass is 433 g/mol. The zero-order valence-corrected chi connectivity index (χ0v) is 18.2. The molecular formula is C24H27N5O3. The van der Waals surface area contributed by atoms with Crippen molar-refractivity contribution >= 4 is 17.5 Å². The van der Waals surface area contributed by atoms with E-state index in [1.807, 2.05) is 49.4 Å². The van der Waals surface area contributed by atoms with Crippen LogP contribution in [0.15, 0.2) is 54.7 Å². The fourth-order valence-electron chi connectivity index (χ4n) is 4.08. The second kappa shape index (κ2) is 9.23. The van der Waals surface area contributed by atoms with E-state index in [0.717, 1.165) is 36.2 Å². The highest BCUT2D eigenvalue weighted by Gasteiger charge is 2.29. The number of aryl methyl sites for hydroxylation is 1. The number of primary amides is 1. The van der Waals surface area contributed by atoms with Gasteiger partial charge in [-0.2, -0.15) is 5.10 Å². The largest absolute Gasteiger partial charge is 0.494 e. The molecule has 1 aliphatic heterocycles. The van der Waals surface area contributed by atoms with Gasteiger partial charge in [0, 0.05) is 18.4 Å². The summed E-state index contributed by atoms with van der Waals surface area (Å²) >= 11 is 0. The molecule has 8 heteroatoms. The van der Waals surface area contributed by atoms with Gasteiger partial charge in [-0.1, -0.05) is 24.3 Å². The summed E-state index contributed by atoms with van der Waals surface area (Å²) < 4.78 is 7.06. The minimum Gasteiger partial charge on any atom is -0.494 e. The van der Waals surface area contributed by atoms with Gasteiger partial charge in [0.1, 0.15) is 11.4 Å². The van der Waals surface area contributed by atoms with Crippen molar-refractivity contribution in [3.8, 4) is 11.4 Å². The first-order chi connectivity index (χ1) is 15.5. The van der Waals surface area contributed by atoms with Gasteiger partial charge in [-0.25, -0.2) is 4.68 Å². The number of para-hydroxylation sites is 1. The van der Waals surface area contributed by atoms with Gasteiger partial charge >= 0.3 is 0 Å². The van der Waals surface area contributed by atoms with E-state index in [4.69, 9.17) is 10.5 Å². The molecule has 0 spiro atoms. The molecule has 1 saturated heterocycles. The molecule has 0 bridgehead atoms. The smallest absolute Gasteiger partial charge is 0.276 e. The highest BCUT2D eigenvalue weighted by atomic mass is 16.5. The quantitative estimate of drug-likeness (QED) is 0.596. The standard InChI is InChI=1S/C24H27N5O3/c1-16-9-10-22(32-2)21(14-16)29-13-11-19(27-29)24(31)26-18-7-4-3-6-17(18)15-28-12-5-8-20(28)23(25)30/h3-4,6-7,9-11,13-14,20H,5,8,12,15H2,1-2H3,(H2,25,30)(H,26,31). The van der Waals surface area contributed by atoms with Crippen molar-refractivity contribution in [2.75, 3.05) is 19.0 Å². The summed E-state index contributed by atoms with van der Waals surface area (Å²) in [5.74, 6) is 0.0578. The molecule has 4 rings (SSSR count). The molecule has 1 unspecified atom stereocenters. The zero-order chi connectivity index (χ0) is 22.7. The number of nitrogens with one attached hydrogen (secondary N) is 1. The second-order valence-electron chi connectivity index (χ2n) is 7.96. The van der Waals surface area contributed by atoms with E-state index in [0.29, 0.717) is 23.7 Å². The van der Waals surface area contributed by atoms with Crippen molar-refractivity contribution in [2.45, 2.75) is 32.4 Å². The summed E-state index contributed by atoms with van der Waals surface area (Å²) in [6, 6.07) is 14.8. The van der Waals surface area contributed by atoms with Crippen LogP contribution < -0.4 is 15.8 Å². The van der Waals surface area contributed by atoms with Gasteiger partial charge in [0.25, 0.3) is 5.91 Å². The number of ether oxygens (including phenoxy) is 1. The Morgan fingerprint density at radius 2 is 2.03 bits per heavy atom. The Balaban J connectivity index is 1.52. The lowest BCUT2D eigenvalue weighted by molar-refractivity contribution is -0.122. The Hall–Kier alpha value is -3.65. The van der Waals surface area contributed by atoms with Crippen molar-refractivity contribution in [2.24, 2.45) is 5.73 Å². The molecule has 32 heavy (non-hydrogen) atoms. The van der Waals surface area contributed by atoms with E-state index in [1.165, 1.54) is 0 Å². The topological polar surface area (TPSA) is 102 Å². The van der Waals surface area contributed by atoms with Crippen LogP contribution >= 0.6 is 0 Å². The van der Waals surface area contributed by atoms with Gasteiger partial charge in [-0.05, 0) is 61.7 Å². The average Bonchev–Trinajstić information content (AvgIpc) is 3.45. The second-order valence-corrected chi connectivity index (χ2v) is 7.96. The van der Waals surface area contributed by atoms with Gasteiger partial charge in [0.15, 0.2) is 5.69 Å². The van der Waals surface area contributed by atoms with E-state index in [9.17, 15) is 9.59 Å². The number of hydrogen-bond acceptors (Lipinski definition) is 5. The summed E-state index contributed by atoms with van der Waals surface area (Å²) in [6.45, 7) is 3.33. The van der Waals surface area contributed by atoms with Gasteiger partial charge < -0.3 is 15.8 Å². The molecule has 1 atom stereocenters. The van der Waals surface area contributed by atoms with Crippen molar-refractivity contribution in [1.82, 2.24) is 14.7 Å². The lowest BCUT2D eigenvalue weighted by atomic mass is 10.1. The number of aromatic nitrogens is 2. The summed E-state index contributed by atoms with van der Waals surface area (Å²) in [5, 5.41) is 7.41. The van der Waals surface area contributed by atoms with E-state index < -0.39 is 0 Å². The van der Waals surface area contributed by atoms with Gasteiger partial charge in [0.05, 0.1) is 13.2 Å². The molecule has 0 aliphatic carbocycles. The minimum atomic E-state index is -0.310. The van der Waals surface area contributed by atoms with Crippen LogP contribution in [-0.4, -0.2) is 46.2 Å². The number of carbonyl (C=O) groups excluding carboxylic acids is 2. The third-order valence-electron chi connectivity index (χ3n) is 5.73. The van der Waals surface area contributed by atoms with Crippen LogP contribution in [0.3, 0.4) is 0 Å². The van der Waals surface area contributed by atoms with Crippen molar-refractivity contribution < 1.29 is 14.3 Å². The van der Waals surface area contributed by atoms with Crippen LogP contribution in [0.2, 0.25) is 0 Å². The summed E-state index contributed by atoms with van der Waals surface area (Å²) in [4.78, 5) is 26.7. The van der Waals surface area contributed by atoms with Crippen LogP contribution in [0.4, 0.5) is 5.69 Å². The Bertz CT molecular complexity index is 1140. The summed E-state index contributed by atoms with van der Waals surface area (Å²) in [7, 11) is 1.60. The van der Waals surface area contributed by atoms with Crippen LogP contribution in [0, 0.1) is 6.92 Å². The van der Waals surface area contributed by atoms with Crippen molar-refractivity contribution in [3.63, 3.8) is 0 Å². The Morgan fingerprint density at radius 1 is 1.22 bits per heavy atom. The summed E-state index contributed by atoms with van der Waals surface area (Å²) in [6.07, 6.45) is 3.44. The Labute approximate surface area is 187 Å². The minimum absolute atomic E-state index is 0.265. The molecule has 166 valence electrons.